The first-order valence-electron chi connectivity index (χ1n) is 8.50. The molecule has 0 saturated heterocycles. The van der Waals surface area contributed by atoms with Gasteiger partial charge in [0.1, 0.15) is 0 Å². The zero-order valence-corrected chi connectivity index (χ0v) is 15.6. The largest absolute Gasteiger partial charge is 0.469 e. The van der Waals surface area contributed by atoms with Crippen LogP contribution in [0.25, 0.3) is 5.65 Å². The van der Waals surface area contributed by atoms with Crippen molar-refractivity contribution < 1.29 is 14.3 Å². The number of aryl methyl sites for hydroxylation is 2. The van der Waals surface area contributed by atoms with E-state index in [0.717, 1.165) is 17.0 Å². The lowest BCUT2D eigenvalue weighted by molar-refractivity contribution is 0.170. The lowest BCUT2D eigenvalue weighted by Gasteiger charge is -2.22. The molecule has 2 heterocycles. The lowest BCUT2D eigenvalue weighted by Crippen LogP contribution is -2.34. The van der Waals surface area contributed by atoms with Gasteiger partial charge in [0.2, 0.25) is 0 Å². The van der Waals surface area contributed by atoms with Crippen molar-refractivity contribution >= 4 is 17.4 Å². The zero-order chi connectivity index (χ0) is 19.4. The van der Waals surface area contributed by atoms with Crippen molar-refractivity contribution in [1.29, 1.82) is 0 Å². The summed E-state index contributed by atoms with van der Waals surface area (Å²) >= 11 is 0. The predicted molar refractivity (Wildman–Crippen MR) is 104 cm³/mol. The standard InChI is InChI=1S/C21H21N3O3/c1-5-8-18-16(3)22-20-19(11-7-12-23(18)20)27-14-24(21(25)26-4)17-10-6-9-15(2)13-17/h1,6-7,9-13H,8,14H2,2-4H3. The molecule has 6 heteroatoms. The SMILES string of the molecule is C#CCc1c(C)nc2c(OCN(C(=O)OC)c3cccc(C)c3)cccn12. The van der Waals surface area contributed by atoms with E-state index < -0.39 is 6.09 Å². The minimum atomic E-state index is -0.500. The number of carbonyl (C=O) groups excluding carboxylic acids is 1. The van der Waals surface area contributed by atoms with E-state index in [0.29, 0.717) is 23.5 Å². The van der Waals surface area contributed by atoms with Crippen LogP contribution in [0.5, 0.6) is 5.75 Å². The summed E-state index contributed by atoms with van der Waals surface area (Å²) in [6, 6.07) is 11.2. The summed E-state index contributed by atoms with van der Waals surface area (Å²) in [5.41, 5.74) is 4.19. The van der Waals surface area contributed by atoms with Crippen molar-refractivity contribution in [3.8, 4) is 18.1 Å². The second-order valence-electron chi connectivity index (χ2n) is 6.10. The van der Waals surface area contributed by atoms with Gasteiger partial charge in [0.25, 0.3) is 0 Å². The van der Waals surface area contributed by atoms with Gasteiger partial charge in [0, 0.05) is 6.20 Å². The average molecular weight is 363 g/mol. The number of terminal acetylenes is 1. The highest BCUT2D eigenvalue weighted by molar-refractivity contribution is 5.87. The number of hydrogen-bond acceptors (Lipinski definition) is 4. The molecule has 0 radical (unpaired) electrons. The van der Waals surface area contributed by atoms with E-state index in [4.69, 9.17) is 15.9 Å². The molecule has 3 aromatic rings. The highest BCUT2D eigenvalue weighted by Crippen LogP contribution is 2.24. The van der Waals surface area contributed by atoms with Crippen molar-refractivity contribution in [2.75, 3.05) is 18.7 Å². The Morgan fingerprint density at radius 1 is 1.30 bits per heavy atom. The minimum absolute atomic E-state index is 0.00776. The molecule has 1 aromatic carbocycles. The molecule has 0 aliphatic heterocycles. The third-order valence-corrected chi connectivity index (χ3v) is 4.24. The summed E-state index contributed by atoms with van der Waals surface area (Å²) in [4.78, 5) is 18.2. The van der Waals surface area contributed by atoms with E-state index in [2.05, 4.69) is 10.9 Å². The summed E-state index contributed by atoms with van der Waals surface area (Å²) in [5, 5.41) is 0. The molecule has 3 rings (SSSR count). The average Bonchev–Trinajstić information content (AvgIpc) is 2.98. The number of methoxy groups -OCH3 is 1. The van der Waals surface area contributed by atoms with Crippen molar-refractivity contribution in [1.82, 2.24) is 9.38 Å². The number of aromatic nitrogens is 2. The van der Waals surface area contributed by atoms with E-state index >= 15 is 0 Å². The van der Waals surface area contributed by atoms with Crippen molar-refractivity contribution in [2.24, 2.45) is 0 Å². The lowest BCUT2D eigenvalue weighted by atomic mass is 10.2. The van der Waals surface area contributed by atoms with Gasteiger partial charge in [-0.05, 0) is 43.7 Å². The summed E-state index contributed by atoms with van der Waals surface area (Å²) in [6.45, 7) is 3.87. The number of nitrogens with zero attached hydrogens (tertiary/aromatic N) is 3. The molecule has 0 unspecified atom stereocenters. The third kappa shape index (κ3) is 3.72. The first kappa shape index (κ1) is 18.3. The zero-order valence-electron chi connectivity index (χ0n) is 15.6. The van der Waals surface area contributed by atoms with Crippen LogP contribution in [-0.2, 0) is 11.2 Å². The van der Waals surface area contributed by atoms with Crippen LogP contribution in [0.1, 0.15) is 17.0 Å². The Morgan fingerprint density at radius 2 is 2.11 bits per heavy atom. The van der Waals surface area contributed by atoms with Crippen LogP contribution in [0.4, 0.5) is 10.5 Å². The molecular formula is C21H21N3O3. The Kier molecular flexibility index (Phi) is 5.32. The number of hydrogen-bond donors (Lipinski definition) is 0. The summed E-state index contributed by atoms with van der Waals surface area (Å²) in [6.07, 6.45) is 7.34. The topological polar surface area (TPSA) is 56.1 Å². The van der Waals surface area contributed by atoms with Crippen LogP contribution in [0.3, 0.4) is 0 Å². The van der Waals surface area contributed by atoms with Crippen LogP contribution in [-0.4, -0.2) is 29.3 Å². The minimum Gasteiger partial charge on any atom is -0.469 e. The van der Waals surface area contributed by atoms with Crippen molar-refractivity contribution in [2.45, 2.75) is 20.3 Å². The normalized spacial score (nSPS) is 10.4. The quantitative estimate of drug-likeness (QED) is 0.512. The van der Waals surface area contributed by atoms with Crippen LogP contribution < -0.4 is 9.64 Å². The smallest absolute Gasteiger partial charge is 0.416 e. The third-order valence-electron chi connectivity index (χ3n) is 4.24. The Bertz CT molecular complexity index is 1020. The highest BCUT2D eigenvalue weighted by Gasteiger charge is 2.18. The fourth-order valence-electron chi connectivity index (χ4n) is 2.90. The van der Waals surface area contributed by atoms with Gasteiger partial charge in [-0.15, -0.1) is 12.3 Å². The molecule has 0 N–H and O–H groups in total. The molecule has 27 heavy (non-hydrogen) atoms. The van der Waals surface area contributed by atoms with Crippen LogP contribution >= 0.6 is 0 Å². The Balaban J connectivity index is 1.91. The molecule has 6 nitrogen and oxygen atoms in total. The van der Waals surface area contributed by atoms with Crippen molar-refractivity contribution in [3.05, 3.63) is 59.5 Å². The molecule has 2 aromatic heterocycles. The maximum absolute atomic E-state index is 12.2. The molecule has 1 amide bonds. The number of rotatable bonds is 5. The number of fused-ring (bicyclic) bond motifs is 1. The van der Waals surface area contributed by atoms with Crippen LogP contribution in [0.15, 0.2) is 42.6 Å². The van der Waals surface area contributed by atoms with Crippen LogP contribution in [0, 0.1) is 26.2 Å². The van der Waals surface area contributed by atoms with E-state index in [1.54, 1.807) is 0 Å². The van der Waals surface area contributed by atoms with Crippen LogP contribution in [0.2, 0.25) is 0 Å². The number of amides is 1. The number of pyridine rings is 1. The molecule has 0 aliphatic carbocycles. The first-order valence-corrected chi connectivity index (χ1v) is 8.50. The number of benzene rings is 1. The molecule has 0 atom stereocenters. The second-order valence-corrected chi connectivity index (χ2v) is 6.10. The molecular weight excluding hydrogens is 342 g/mol. The maximum Gasteiger partial charge on any atom is 0.416 e. The van der Waals surface area contributed by atoms with Gasteiger partial charge in [-0.2, -0.15) is 0 Å². The van der Waals surface area contributed by atoms with Gasteiger partial charge < -0.3 is 9.47 Å². The Hall–Kier alpha value is -3.46. The van der Waals surface area contributed by atoms with Gasteiger partial charge >= 0.3 is 6.09 Å². The van der Waals surface area contributed by atoms with E-state index in [9.17, 15) is 4.79 Å². The van der Waals surface area contributed by atoms with Gasteiger partial charge in [-0.25, -0.2) is 14.7 Å². The second kappa shape index (κ2) is 7.83. The van der Waals surface area contributed by atoms with E-state index in [1.165, 1.54) is 12.0 Å². The number of carbonyl (C=O) groups is 1. The molecule has 0 aliphatic rings. The van der Waals surface area contributed by atoms with E-state index in [1.807, 2.05) is 60.8 Å². The molecule has 138 valence electrons. The Morgan fingerprint density at radius 3 is 2.81 bits per heavy atom. The molecule has 0 saturated carbocycles. The highest BCUT2D eigenvalue weighted by atomic mass is 16.6. The number of ether oxygens (including phenoxy) is 2. The Labute approximate surface area is 158 Å². The summed E-state index contributed by atoms with van der Waals surface area (Å²) in [5.74, 6) is 3.21. The number of anilines is 1. The first-order chi connectivity index (χ1) is 13.0. The fourth-order valence-corrected chi connectivity index (χ4v) is 2.90. The maximum atomic E-state index is 12.2. The summed E-state index contributed by atoms with van der Waals surface area (Å²) < 4.78 is 12.8. The monoisotopic (exact) mass is 363 g/mol. The van der Waals surface area contributed by atoms with E-state index in [-0.39, 0.29) is 6.73 Å². The number of imidazole rings is 1. The van der Waals surface area contributed by atoms with Gasteiger partial charge in [-0.3, -0.25) is 4.40 Å². The van der Waals surface area contributed by atoms with Gasteiger partial charge in [-0.1, -0.05) is 12.1 Å². The molecule has 0 bridgehead atoms. The fraction of sp³-hybridized carbons (Fsp3) is 0.238. The molecule has 0 spiro atoms. The predicted octanol–water partition coefficient (Wildman–Crippen LogP) is 3.74. The van der Waals surface area contributed by atoms with Crippen molar-refractivity contribution in [3.63, 3.8) is 0 Å². The van der Waals surface area contributed by atoms with Gasteiger partial charge in [0.05, 0.1) is 30.6 Å². The van der Waals surface area contributed by atoms with Gasteiger partial charge in [0.15, 0.2) is 18.1 Å². The summed E-state index contributed by atoms with van der Waals surface area (Å²) in [7, 11) is 1.34. The molecule has 0 fully saturated rings.